The highest BCUT2D eigenvalue weighted by molar-refractivity contribution is 6.30. The van der Waals surface area contributed by atoms with Gasteiger partial charge >= 0.3 is 0 Å². The summed E-state index contributed by atoms with van der Waals surface area (Å²) in [5.74, 6) is 2.36. The molecule has 0 fully saturated rings. The maximum Gasteiger partial charge on any atom is 0.253 e. The summed E-state index contributed by atoms with van der Waals surface area (Å²) in [6.07, 6.45) is 0.854. The van der Waals surface area contributed by atoms with Crippen LogP contribution in [-0.2, 0) is 6.54 Å². The van der Waals surface area contributed by atoms with Crippen molar-refractivity contribution in [2.45, 2.75) is 19.9 Å². The van der Waals surface area contributed by atoms with Gasteiger partial charge in [0.15, 0.2) is 0 Å². The van der Waals surface area contributed by atoms with Gasteiger partial charge in [0.1, 0.15) is 22.8 Å². The average Bonchev–Trinajstić information content (AvgIpc) is 3.38. The van der Waals surface area contributed by atoms with Gasteiger partial charge in [0, 0.05) is 17.1 Å². The minimum absolute atomic E-state index is 0.408. The topological polar surface area (TPSA) is 77.4 Å². The minimum atomic E-state index is 0.408. The third-order valence-corrected chi connectivity index (χ3v) is 4.98. The number of hydrogen-bond acceptors (Lipinski definition) is 7. The van der Waals surface area contributed by atoms with Crippen molar-refractivity contribution in [1.29, 1.82) is 0 Å². The van der Waals surface area contributed by atoms with Gasteiger partial charge in [0.05, 0.1) is 13.2 Å². The van der Waals surface area contributed by atoms with E-state index in [9.17, 15) is 0 Å². The van der Waals surface area contributed by atoms with Gasteiger partial charge in [-0.3, -0.25) is 4.90 Å². The molecule has 0 aliphatic heterocycles. The van der Waals surface area contributed by atoms with Crippen LogP contribution in [0.1, 0.15) is 18.1 Å². The third-order valence-electron chi connectivity index (χ3n) is 4.74. The Kier molecular flexibility index (Phi) is 6.64. The number of aromatic nitrogens is 3. The largest absolute Gasteiger partial charge is 0.493 e. The first kappa shape index (κ1) is 21.1. The Labute approximate surface area is 185 Å². The number of nitrogens with zero attached hydrogens (tertiary/aromatic N) is 4. The molecule has 0 saturated heterocycles. The van der Waals surface area contributed by atoms with Gasteiger partial charge in [0.25, 0.3) is 5.89 Å². The zero-order valence-electron chi connectivity index (χ0n) is 17.4. The highest BCUT2D eigenvalue weighted by atomic mass is 35.5. The van der Waals surface area contributed by atoms with E-state index in [1.807, 2.05) is 68.6 Å². The van der Waals surface area contributed by atoms with Crippen LogP contribution < -0.4 is 4.74 Å². The van der Waals surface area contributed by atoms with Crippen LogP contribution in [0.3, 0.4) is 0 Å². The van der Waals surface area contributed by atoms with E-state index in [-0.39, 0.29) is 0 Å². The van der Waals surface area contributed by atoms with Crippen LogP contribution in [0.25, 0.3) is 22.7 Å². The first-order valence-electron chi connectivity index (χ1n) is 10.0. The lowest BCUT2D eigenvalue weighted by atomic mass is 10.1. The lowest BCUT2D eigenvalue weighted by molar-refractivity contribution is 0.245. The first-order chi connectivity index (χ1) is 15.1. The van der Waals surface area contributed by atoms with Crippen molar-refractivity contribution in [3.05, 3.63) is 71.3 Å². The molecule has 0 radical (unpaired) electrons. The van der Waals surface area contributed by atoms with E-state index in [4.69, 9.17) is 25.3 Å². The molecule has 0 aliphatic carbocycles. The molecule has 0 spiro atoms. The zero-order valence-corrected chi connectivity index (χ0v) is 18.2. The molecule has 0 aliphatic rings. The van der Waals surface area contributed by atoms with E-state index in [0.717, 1.165) is 29.8 Å². The SMILES string of the molecule is Cc1onc(-c2ccccc2)c1-c1nnc(CN(C)CCCOc2cccc(Cl)c2)o1. The maximum absolute atomic E-state index is 5.97. The fourth-order valence-corrected chi connectivity index (χ4v) is 3.41. The van der Waals surface area contributed by atoms with Crippen LogP contribution in [-0.4, -0.2) is 40.5 Å². The standard InChI is InChI=1S/C23H23ClN4O3/c1-16-21(22(27-31-16)17-8-4-3-5-9-17)23-26-25-20(30-23)15-28(2)12-7-13-29-19-11-6-10-18(24)14-19/h3-6,8-11,14H,7,12-13,15H2,1-2H3. The van der Waals surface area contributed by atoms with Crippen molar-refractivity contribution in [2.24, 2.45) is 0 Å². The molecule has 0 amide bonds. The summed E-state index contributed by atoms with van der Waals surface area (Å²) in [5.41, 5.74) is 2.35. The van der Waals surface area contributed by atoms with Crippen molar-refractivity contribution in [2.75, 3.05) is 20.2 Å². The van der Waals surface area contributed by atoms with E-state index in [1.54, 1.807) is 0 Å². The van der Waals surface area contributed by atoms with E-state index >= 15 is 0 Å². The number of ether oxygens (including phenoxy) is 1. The van der Waals surface area contributed by atoms with Gasteiger partial charge < -0.3 is 13.7 Å². The predicted molar refractivity (Wildman–Crippen MR) is 118 cm³/mol. The number of rotatable bonds is 9. The fraction of sp³-hybridized carbons (Fsp3) is 0.261. The van der Waals surface area contributed by atoms with E-state index in [0.29, 0.717) is 41.4 Å². The minimum Gasteiger partial charge on any atom is -0.493 e. The second-order valence-electron chi connectivity index (χ2n) is 7.23. The molecule has 0 bridgehead atoms. The van der Waals surface area contributed by atoms with E-state index < -0.39 is 0 Å². The van der Waals surface area contributed by atoms with Crippen LogP contribution in [0.4, 0.5) is 0 Å². The summed E-state index contributed by atoms with van der Waals surface area (Å²) < 4.78 is 17.0. The van der Waals surface area contributed by atoms with Crippen molar-refractivity contribution >= 4 is 11.6 Å². The molecular formula is C23H23ClN4O3. The fourth-order valence-electron chi connectivity index (χ4n) is 3.23. The quantitative estimate of drug-likeness (QED) is 0.330. The molecule has 0 unspecified atom stereocenters. The van der Waals surface area contributed by atoms with Crippen molar-refractivity contribution in [3.63, 3.8) is 0 Å². The predicted octanol–water partition coefficient (Wildman–Crippen LogP) is 5.25. The van der Waals surface area contributed by atoms with Crippen LogP contribution in [0.15, 0.2) is 63.5 Å². The lowest BCUT2D eigenvalue weighted by Crippen LogP contribution is -2.21. The Morgan fingerprint density at radius 3 is 2.71 bits per heavy atom. The first-order valence-corrected chi connectivity index (χ1v) is 10.4. The highest BCUT2D eigenvalue weighted by Crippen LogP contribution is 2.33. The molecule has 0 atom stereocenters. The Bertz CT molecular complexity index is 1130. The van der Waals surface area contributed by atoms with Gasteiger partial charge in [0.2, 0.25) is 5.89 Å². The molecule has 0 N–H and O–H groups in total. The Morgan fingerprint density at radius 1 is 1.06 bits per heavy atom. The molecule has 4 aromatic rings. The zero-order chi connectivity index (χ0) is 21.6. The number of hydrogen-bond donors (Lipinski definition) is 0. The van der Waals surface area contributed by atoms with Gasteiger partial charge in [-0.2, -0.15) is 0 Å². The molecular weight excluding hydrogens is 416 g/mol. The molecule has 2 aromatic carbocycles. The average molecular weight is 439 g/mol. The lowest BCUT2D eigenvalue weighted by Gasteiger charge is -2.14. The van der Waals surface area contributed by atoms with Crippen molar-refractivity contribution in [3.8, 4) is 28.5 Å². The van der Waals surface area contributed by atoms with Gasteiger partial charge in [-0.1, -0.05) is 53.2 Å². The van der Waals surface area contributed by atoms with Crippen LogP contribution in [0.5, 0.6) is 5.75 Å². The number of halogens is 1. The van der Waals surface area contributed by atoms with Gasteiger partial charge in [-0.25, -0.2) is 0 Å². The number of aryl methyl sites for hydroxylation is 1. The molecule has 0 saturated carbocycles. The molecule has 8 heteroatoms. The van der Waals surface area contributed by atoms with E-state index in [1.165, 1.54) is 0 Å². The van der Waals surface area contributed by atoms with Crippen LogP contribution >= 0.6 is 11.6 Å². The van der Waals surface area contributed by atoms with E-state index in [2.05, 4.69) is 20.3 Å². The second kappa shape index (κ2) is 9.76. The third kappa shape index (κ3) is 5.31. The monoisotopic (exact) mass is 438 g/mol. The Hall–Kier alpha value is -3.16. The van der Waals surface area contributed by atoms with Gasteiger partial charge in [-0.15, -0.1) is 10.2 Å². The van der Waals surface area contributed by atoms with Crippen molar-refractivity contribution < 1.29 is 13.7 Å². The Morgan fingerprint density at radius 2 is 1.90 bits per heavy atom. The number of benzene rings is 2. The van der Waals surface area contributed by atoms with Gasteiger partial charge in [-0.05, 0) is 38.6 Å². The van der Waals surface area contributed by atoms with Crippen molar-refractivity contribution in [1.82, 2.24) is 20.3 Å². The summed E-state index contributed by atoms with van der Waals surface area (Å²) in [4.78, 5) is 2.11. The highest BCUT2D eigenvalue weighted by Gasteiger charge is 2.22. The molecule has 7 nitrogen and oxygen atoms in total. The summed E-state index contributed by atoms with van der Waals surface area (Å²) in [6.45, 7) is 3.79. The van der Waals surface area contributed by atoms with Crippen LogP contribution in [0.2, 0.25) is 5.02 Å². The summed E-state index contributed by atoms with van der Waals surface area (Å²) in [6, 6.07) is 17.2. The normalized spacial score (nSPS) is 11.2. The van der Waals surface area contributed by atoms with Crippen LogP contribution in [0, 0.1) is 6.92 Å². The maximum atomic E-state index is 5.97. The smallest absolute Gasteiger partial charge is 0.253 e. The summed E-state index contributed by atoms with van der Waals surface area (Å²) in [7, 11) is 2.00. The molecule has 2 aromatic heterocycles. The molecule has 2 heterocycles. The Balaban J connectivity index is 1.34. The summed E-state index contributed by atoms with van der Waals surface area (Å²) in [5, 5.41) is 13.3. The molecule has 4 rings (SSSR count). The second-order valence-corrected chi connectivity index (χ2v) is 7.66. The molecule has 160 valence electrons. The summed E-state index contributed by atoms with van der Waals surface area (Å²) >= 11 is 5.97. The molecule has 31 heavy (non-hydrogen) atoms.